The number of hydrogen-bond donors (Lipinski definition) is 1. The standard InChI is InChI=1S/C37H48N4O3/c1-26(2)30-17-12-18-31(27(3)4)35(30)38-34(42)25-41-36(32-16-7-8-19-33(32)39(5)37(41)43)28-14-11-15-29(24-28)44-23-13-22-40-20-9-6-10-21-40/h7-8,11-12,14-19,24,26-27,36H,6,9-10,13,20-23,25H2,1-5H3,(H,38,42). The highest BCUT2D eigenvalue weighted by Crippen LogP contribution is 2.41. The van der Waals surface area contributed by atoms with Crippen LogP contribution in [0.5, 0.6) is 5.75 Å². The fourth-order valence-electron chi connectivity index (χ4n) is 6.58. The van der Waals surface area contributed by atoms with Crippen LogP contribution in [0.4, 0.5) is 16.2 Å². The predicted octanol–water partition coefficient (Wildman–Crippen LogP) is 7.79. The molecule has 1 fully saturated rings. The largest absolute Gasteiger partial charge is 0.494 e. The van der Waals surface area contributed by atoms with Crippen LogP contribution in [0.3, 0.4) is 0 Å². The van der Waals surface area contributed by atoms with Gasteiger partial charge in [0.15, 0.2) is 0 Å². The number of benzene rings is 3. The smallest absolute Gasteiger partial charge is 0.325 e. The van der Waals surface area contributed by atoms with Crippen molar-refractivity contribution >= 4 is 23.3 Å². The Hall–Kier alpha value is -3.84. The fraction of sp³-hybridized carbons (Fsp3) is 0.459. The minimum Gasteiger partial charge on any atom is -0.494 e. The van der Waals surface area contributed by atoms with E-state index in [1.807, 2.05) is 48.5 Å². The molecule has 1 unspecified atom stereocenters. The molecule has 0 bridgehead atoms. The van der Waals surface area contributed by atoms with E-state index < -0.39 is 6.04 Å². The Morgan fingerprint density at radius 3 is 2.30 bits per heavy atom. The summed E-state index contributed by atoms with van der Waals surface area (Å²) in [6.45, 7) is 12.5. The Morgan fingerprint density at radius 1 is 0.909 bits per heavy atom. The summed E-state index contributed by atoms with van der Waals surface area (Å²) in [6, 6.07) is 21.5. The maximum Gasteiger partial charge on any atom is 0.325 e. The van der Waals surface area contributed by atoms with E-state index in [4.69, 9.17) is 4.74 Å². The molecule has 2 aliphatic rings. The highest BCUT2D eigenvalue weighted by molar-refractivity contribution is 6.00. The topological polar surface area (TPSA) is 65.1 Å². The van der Waals surface area contributed by atoms with Crippen LogP contribution < -0.4 is 15.0 Å². The van der Waals surface area contributed by atoms with Crippen molar-refractivity contribution in [1.82, 2.24) is 9.80 Å². The molecule has 0 aliphatic carbocycles. The third-order valence-corrected chi connectivity index (χ3v) is 8.90. The van der Waals surface area contributed by atoms with Crippen molar-refractivity contribution in [2.24, 2.45) is 0 Å². The van der Waals surface area contributed by atoms with E-state index in [-0.39, 0.29) is 30.3 Å². The molecule has 1 saturated heterocycles. The van der Waals surface area contributed by atoms with Crippen LogP contribution in [0.25, 0.3) is 0 Å². The first kappa shape index (κ1) is 31.6. The molecule has 1 N–H and O–H groups in total. The van der Waals surface area contributed by atoms with Crippen molar-refractivity contribution in [1.29, 1.82) is 0 Å². The number of anilines is 2. The van der Waals surface area contributed by atoms with Gasteiger partial charge in [-0.05, 0) is 79.1 Å². The summed E-state index contributed by atoms with van der Waals surface area (Å²) in [5.41, 5.74) is 5.80. The second kappa shape index (κ2) is 14.3. The summed E-state index contributed by atoms with van der Waals surface area (Å²) >= 11 is 0. The van der Waals surface area contributed by atoms with Gasteiger partial charge in [-0.25, -0.2) is 4.79 Å². The molecule has 5 rings (SSSR count). The summed E-state index contributed by atoms with van der Waals surface area (Å²) in [5, 5.41) is 3.21. The summed E-state index contributed by atoms with van der Waals surface area (Å²) in [5.74, 6) is 1.06. The number of rotatable bonds is 11. The fourth-order valence-corrected chi connectivity index (χ4v) is 6.58. The van der Waals surface area contributed by atoms with Crippen molar-refractivity contribution in [2.75, 3.05) is 50.1 Å². The number of carbonyl (C=O) groups excluding carboxylic acids is 2. The number of para-hydroxylation sites is 2. The van der Waals surface area contributed by atoms with Crippen LogP contribution in [-0.2, 0) is 4.79 Å². The first-order chi connectivity index (χ1) is 21.2. The number of likely N-dealkylation sites (tertiary alicyclic amines) is 1. The first-order valence-corrected chi connectivity index (χ1v) is 16.3. The molecule has 234 valence electrons. The number of piperidine rings is 1. The lowest BCUT2D eigenvalue weighted by Crippen LogP contribution is -2.50. The Kier molecular flexibility index (Phi) is 10.3. The van der Waals surface area contributed by atoms with E-state index >= 15 is 0 Å². The van der Waals surface area contributed by atoms with Gasteiger partial charge in [-0.1, -0.05) is 82.6 Å². The summed E-state index contributed by atoms with van der Waals surface area (Å²) in [7, 11) is 1.77. The Balaban J connectivity index is 1.39. The molecular formula is C37H48N4O3. The molecule has 3 amide bonds. The molecule has 0 spiro atoms. The van der Waals surface area contributed by atoms with Crippen LogP contribution in [0.1, 0.15) is 93.5 Å². The second-order valence-corrected chi connectivity index (χ2v) is 12.8. The maximum atomic E-state index is 13.9. The normalized spacial score (nSPS) is 17.2. The number of nitrogens with one attached hydrogen (secondary N) is 1. The quantitative estimate of drug-likeness (QED) is 0.230. The van der Waals surface area contributed by atoms with Gasteiger partial charge in [0.2, 0.25) is 5.91 Å². The van der Waals surface area contributed by atoms with E-state index in [0.717, 1.165) is 52.3 Å². The van der Waals surface area contributed by atoms with Crippen LogP contribution in [0, 0.1) is 0 Å². The lowest BCUT2D eigenvalue weighted by molar-refractivity contribution is -0.117. The number of fused-ring (bicyclic) bond motifs is 1. The zero-order chi connectivity index (χ0) is 31.2. The molecule has 3 aromatic carbocycles. The van der Waals surface area contributed by atoms with Gasteiger partial charge in [-0.2, -0.15) is 0 Å². The second-order valence-electron chi connectivity index (χ2n) is 12.8. The summed E-state index contributed by atoms with van der Waals surface area (Å²) in [6.07, 6.45) is 4.89. The highest BCUT2D eigenvalue weighted by Gasteiger charge is 2.38. The van der Waals surface area contributed by atoms with E-state index in [9.17, 15) is 9.59 Å². The van der Waals surface area contributed by atoms with Crippen LogP contribution >= 0.6 is 0 Å². The van der Waals surface area contributed by atoms with Gasteiger partial charge in [0.1, 0.15) is 12.3 Å². The molecule has 2 aliphatic heterocycles. The lowest BCUT2D eigenvalue weighted by Gasteiger charge is -2.41. The third kappa shape index (κ3) is 7.10. The van der Waals surface area contributed by atoms with Crippen LogP contribution in [-0.4, -0.2) is 61.6 Å². The van der Waals surface area contributed by atoms with Crippen molar-refractivity contribution in [2.45, 2.75) is 71.3 Å². The Morgan fingerprint density at radius 2 is 1.59 bits per heavy atom. The Labute approximate surface area is 263 Å². The first-order valence-electron chi connectivity index (χ1n) is 16.3. The Bertz CT molecular complexity index is 1420. The minimum atomic E-state index is -0.428. The average Bonchev–Trinajstić information content (AvgIpc) is 3.02. The summed E-state index contributed by atoms with van der Waals surface area (Å²) < 4.78 is 6.21. The maximum absolute atomic E-state index is 13.9. The lowest BCUT2D eigenvalue weighted by atomic mass is 9.92. The van der Waals surface area contributed by atoms with E-state index in [1.165, 1.54) is 32.4 Å². The van der Waals surface area contributed by atoms with Crippen molar-refractivity contribution in [3.8, 4) is 5.75 Å². The van der Waals surface area contributed by atoms with Gasteiger partial charge in [0.05, 0.1) is 18.3 Å². The number of ether oxygens (including phenoxy) is 1. The van der Waals surface area contributed by atoms with Crippen LogP contribution in [0.15, 0.2) is 66.7 Å². The SMILES string of the molecule is CC(C)c1cccc(C(C)C)c1NC(=O)CN1C(=O)N(C)c2ccccc2C1c1cccc(OCCCN2CCCCC2)c1. The van der Waals surface area contributed by atoms with Gasteiger partial charge in [0.25, 0.3) is 0 Å². The van der Waals surface area contributed by atoms with Gasteiger partial charge < -0.3 is 19.9 Å². The number of urea groups is 1. The van der Waals surface area contributed by atoms with Gasteiger partial charge >= 0.3 is 6.03 Å². The molecule has 7 nitrogen and oxygen atoms in total. The number of carbonyl (C=O) groups is 2. The summed E-state index contributed by atoms with van der Waals surface area (Å²) in [4.78, 5) is 33.5. The van der Waals surface area contributed by atoms with E-state index in [2.05, 4.69) is 56.1 Å². The molecule has 7 heteroatoms. The number of amides is 3. The molecule has 3 aromatic rings. The van der Waals surface area contributed by atoms with Crippen LogP contribution in [0.2, 0.25) is 0 Å². The zero-order valence-electron chi connectivity index (χ0n) is 27.0. The monoisotopic (exact) mass is 596 g/mol. The molecular weight excluding hydrogens is 548 g/mol. The minimum absolute atomic E-state index is 0.0763. The van der Waals surface area contributed by atoms with Gasteiger partial charge in [-0.3, -0.25) is 9.69 Å². The molecule has 0 aromatic heterocycles. The highest BCUT2D eigenvalue weighted by atomic mass is 16.5. The number of nitrogens with zero attached hydrogens (tertiary/aromatic N) is 3. The van der Waals surface area contributed by atoms with Crippen molar-refractivity contribution in [3.63, 3.8) is 0 Å². The molecule has 2 heterocycles. The van der Waals surface area contributed by atoms with Gasteiger partial charge in [0, 0.05) is 24.8 Å². The zero-order valence-corrected chi connectivity index (χ0v) is 27.0. The van der Waals surface area contributed by atoms with Crippen molar-refractivity contribution in [3.05, 3.63) is 89.0 Å². The third-order valence-electron chi connectivity index (χ3n) is 8.90. The number of hydrogen-bond acceptors (Lipinski definition) is 4. The van der Waals surface area contributed by atoms with Crippen molar-refractivity contribution < 1.29 is 14.3 Å². The average molecular weight is 597 g/mol. The van der Waals surface area contributed by atoms with E-state index in [1.54, 1.807) is 16.8 Å². The predicted molar refractivity (Wildman–Crippen MR) is 179 cm³/mol. The molecule has 0 radical (unpaired) electrons. The van der Waals surface area contributed by atoms with E-state index in [0.29, 0.717) is 6.61 Å². The molecule has 0 saturated carbocycles. The molecule has 44 heavy (non-hydrogen) atoms. The van der Waals surface area contributed by atoms with Gasteiger partial charge in [-0.15, -0.1) is 0 Å². The molecule has 1 atom stereocenters.